The van der Waals surface area contributed by atoms with Crippen LogP contribution in [0.25, 0.3) is 0 Å². The molecule has 3 aromatic carbocycles. The number of anilines is 2. The minimum atomic E-state index is -2.08. The fraction of sp³-hybridized carbons (Fsp3) is 0.333. The van der Waals surface area contributed by atoms with Crippen molar-refractivity contribution in [1.29, 1.82) is 0 Å². The van der Waals surface area contributed by atoms with E-state index in [-0.39, 0.29) is 11.4 Å². The van der Waals surface area contributed by atoms with Gasteiger partial charge in [-0.2, -0.15) is 0 Å². The maximum absolute atomic E-state index is 10.8. The molecule has 0 spiro atoms. The van der Waals surface area contributed by atoms with E-state index in [0.717, 1.165) is 13.1 Å². The Bertz CT molecular complexity index is 1330. The van der Waals surface area contributed by atoms with E-state index in [9.17, 15) is 10.1 Å². The summed E-state index contributed by atoms with van der Waals surface area (Å²) in [7, 11) is 14.3. The third-order valence-corrected chi connectivity index (χ3v) is 8.35. The molecule has 0 aliphatic carbocycles. The molecule has 1 heterocycles. The summed E-state index contributed by atoms with van der Waals surface area (Å²) in [4.78, 5) is 14.9. The molecule has 4 rings (SSSR count). The zero-order chi connectivity index (χ0) is 29.7. The van der Waals surface area contributed by atoms with Crippen LogP contribution in [0.4, 0.5) is 17.1 Å². The first-order valence-electron chi connectivity index (χ1n) is 12.6. The average molecular weight is 674 g/mol. The van der Waals surface area contributed by atoms with Crippen molar-refractivity contribution < 1.29 is 27.9 Å². The van der Waals surface area contributed by atoms with Gasteiger partial charge in [-0.1, -0.05) is 35.4 Å². The van der Waals surface area contributed by atoms with Crippen molar-refractivity contribution in [3.63, 3.8) is 0 Å². The van der Waals surface area contributed by atoms with Gasteiger partial charge in [0.05, 0.1) is 0 Å². The number of hydrogen-bond donors (Lipinski definition) is 0. The molecule has 2 radical (unpaired) electrons. The predicted octanol–water partition coefficient (Wildman–Crippen LogP) is 7.55. The van der Waals surface area contributed by atoms with Crippen molar-refractivity contribution in [2.45, 2.75) is 41.5 Å². The van der Waals surface area contributed by atoms with Gasteiger partial charge in [-0.15, -0.1) is 0 Å². The largest absolute Gasteiger partial charge is 0.339 e. The van der Waals surface area contributed by atoms with Gasteiger partial charge in [-0.25, -0.2) is 0 Å². The number of nitrogens with zero attached hydrogens (tertiary/aromatic N) is 3. The molecule has 0 unspecified atom stereocenters. The smallest absolute Gasteiger partial charge is 0.208 e. The van der Waals surface area contributed by atoms with Crippen molar-refractivity contribution >= 4 is 41.1 Å². The van der Waals surface area contributed by atoms with Gasteiger partial charge in [-0.05, 0) is 63.8 Å². The number of benzene rings is 3. The number of ether oxygens (including phenoxy) is 2. The molecule has 7 nitrogen and oxygen atoms in total. The van der Waals surface area contributed by atoms with Gasteiger partial charge in [0.15, 0.2) is 0 Å². The Morgan fingerprint density at radius 1 is 0.800 bits per heavy atom. The van der Waals surface area contributed by atoms with Crippen LogP contribution in [0, 0.1) is 58.3 Å². The third kappa shape index (κ3) is 7.54. The monoisotopic (exact) mass is 673 g/mol. The fourth-order valence-electron chi connectivity index (χ4n) is 5.18. The maximum Gasteiger partial charge on any atom is 0.208 e. The second-order valence-electron chi connectivity index (χ2n) is 9.73. The van der Waals surface area contributed by atoms with Crippen LogP contribution in [-0.4, -0.2) is 36.8 Å². The van der Waals surface area contributed by atoms with E-state index >= 15 is 0 Å². The van der Waals surface area contributed by atoms with Crippen LogP contribution in [0.5, 0.6) is 11.5 Å². The molecule has 0 aromatic heterocycles. The van der Waals surface area contributed by atoms with Crippen LogP contribution in [0.1, 0.15) is 38.9 Å². The average Bonchev–Trinajstić information content (AvgIpc) is 3.31. The van der Waals surface area contributed by atoms with Crippen LogP contribution in [0.3, 0.4) is 0 Å². The second-order valence-corrected chi connectivity index (χ2v) is 15.5. The van der Waals surface area contributed by atoms with Crippen LogP contribution in [0.2, 0.25) is 0 Å². The van der Waals surface area contributed by atoms with Crippen LogP contribution in [0.15, 0.2) is 36.4 Å². The summed E-state index contributed by atoms with van der Waals surface area (Å²) in [5, 5.41) is 10.8. The molecule has 0 amide bonds. The Labute approximate surface area is 250 Å². The second kappa shape index (κ2) is 13.8. The number of nitro benzene ring substituents is 1. The summed E-state index contributed by atoms with van der Waals surface area (Å²) >= 11 is -2.08. The number of methoxy groups -OCH3 is 2. The van der Waals surface area contributed by atoms with Crippen molar-refractivity contribution in [2.75, 3.05) is 37.1 Å². The summed E-state index contributed by atoms with van der Waals surface area (Å²) in [6.45, 7) is 18.7. The van der Waals surface area contributed by atoms with Crippen molar-refractivity contribution in [3.05, 3.63) is 92.1 Å². The van der Waals surface area contributed by atoms with Gasteiger partial charge in [-0.3, -0.25) is 0 Å². The summed E-state index contributed by atoms with van der Waals surface area (Å²) < 4.78 is 11.6. The molecule has 0 N–H and O–H groups in total. The predicted molar refractivity (Wildman–Crippen MR) is 162 cm³/mol. The van der Waals surface area contributed by atoms with Crippen molar-refractivity contribution in [1.82, 2.24) is 0 Å². The minimum absolute atomic E-state index is 0.131. The van der Waals surface area contributed by atoms with E-state index in [2.05, 4.69) is 82.3 Å². The fourth-order valence-corrected chi connectivity index (χ4v) is 6.96. The SMILES string of the molecule is COc1cc(OC)c([N+](=O)[O-])cc1[CH]=[Ru]([Cl])[Cl].Cc1cc(C)c(N2[C]N(c3c(C)cc(C)cc3C)CC2)c(C)c1. The Hall–Kier alpha value is -2.67. The summed E-state index contributed by atoms with van der Waals surface area (Å²) in [6.07, 6.45) is 0. The number of halogens is 2. The number of aryl methyl sites for hydroxylation is 6. The summed E-state index contributed by atoms with van der Waals surface area (Å²) in [5.74, 6) is 0.569. The van der Waals surface area contributed by atoms with Crippen LogP contribution >= 0.6 is 19.4 Å². The van der Waals surface area contributed by atoms with Gasteiger partial charge in [0.1, 0.15) is 0 Å². The zero-order valence-corrected chi connectivity index (χ0v) is 27.3. The molecule has 1 aliphatic heterocycles. The van der Waals surface area contributed by atoms with Crippen molar-refractivity contribution in [3.8, 4) is 11.5 Å². The molecule has 0 saturated carbocycles. The Morgan fingerprint density at radius 2 is 1.23 bits per heavy atom. The zero-order valence-electron chi connectivity index (χ0n) is 24.0. The molecule has 0 bridgehead atoms. The molecular formula is C30H35Cl2N3O4Ru. The minimum Gasteiger partial charge on any atom is -0.339 e. The Morgan fingerprint density at radius 3 is 1.57 bits per heavy atom. The van der Waals surface area contributed by atoms with Crippen molar-refractivity contribution in [2.24, 2.45) is 0 Å². The Balaban J connectivity index is 0.000000232. The first kappa shape index (κ1) is 31.9. The molecule has 0 atom stereocenters. The number of nitro groups is 1. The number of hydrogen-bond acceptors (Lipinski definition) is 6. The van der Waals surface area contributed by atoms with E-state index in [1.54, 1.807) is 4.61 Å². The van der Waals surface area contributed by atoms with E-state index < -0.39 is 18.4 Å². The molecule has 3 aromatic rings. The molecule has 1 saturated heterocycles. The first-order valence-corrected chi connectivity index (χ1v) is 18.0. The molecule has 10 heteroatoms. The maximum atomic E-state index is 10.8. The van der Waals surface area contributed by atoms with Gasteiger partial charge < -0.3 is 9.80 Å². The Kier molecular flexibility index (Phi) is 11.0. The van der Waals surface area contributed by atoms with Gasteiger partial charge in [0.2, 0.25) is 6.67 Å². The molecular weight excluding hydrogens is 638 g/mol. The topological polar surface area (TPSA) is 68.1 Å². The molecule has 1 fully saturated rings. The van der Waals surface area contributed by atoms with Gasteiger partial charge in [0.25, 0.3) is 0 Å². The van der Waals surface area contributed by atoms with E-state index in [4.69, 9.17) is 28.9 Å². The summed E-state index contributed by atoms with van der Waals surface area (Å²) in [6, 6.07) is 11.8. The van der Waals surface area contributed by atoms with E-state index in [1.807, 2.05) is 0 Å². The van der Waals surface area contributed by atoms with Crippen LogP contribution < -0.4 is 19.3 Å². The quantitative estimate of drug-likeness (QED) is 0.153. The molecule has 1 aliphatic rings. The standard InChI is InChI=1S/C21H26N2.C9H9NO4.2ClH.Ru/c1-14-9-16(3)20(17(4)10-14)22-7-8-23(13-22)21-18(5)11-15(2)12-19(21)6;1-6-4-7(10(11)12)9(14-3)5-8(6)13-2;;;/h9-12H,7-8H2,1-6H3;1,4-5H,2-3H3;2*1H;/q;;;;+2/p-2. The van der Waals surface area contributed by atoms with Gasteiger partial charge in [0, 0.05) is 24.5 Å². The van der Waals surface area contributed by atoms with E-state index in [0.29, 0.717) is 11.3 Å². The molecule has 40 heavy (non-hydrogen) atoms. The van der Waals surface area contributed by atoms with Crippen LogP contribution in [-0.2, 0) is 13.5 Å². The molecule has 216 valence electrons. The van der Waals surface area contributed by atoms with Gasteiger partial charge >= 0.3 is 111 Å². The first-order chi connectivity index (χ1) is 18.9. The normalized spacial score (nSPS) is 13.0. The summed E-state index contributed by atoms with van der Waals surface area (Å²) in [5.41, 5.74) is 10.9. The van der Waals surface area contributed by atoms with E-state index in [1.165, 1.54) is 71.1 Å². The number of rotatable bonds is 6. The third-order valence-electron chi connectivity index (χ3n) is 6.51.